The number of imide groups is 1. The largest absolute Gasteiger partial charge is 0.322 e. The van der Waals surface area contributed by atoms with E-state index < -0.39 is 18.0 Å². The van der Waals surface area contributed by atoms with Gasteiger partial charge < -0.3 is 10.6 Å². The molecular formula is C16H12ClN3O3. The molecule has 1 unspecified atom stereocenters. The van der Waals surface area contributed by atoms with Crippen molar-refractivity contribution < 1.29 is 14.4 Å². The summed E-state index contributed by atoms with van der Waals surface area (Å²) in [5.41, 5.74) is 1.56. The normalized spacial score (nSPS) is 16.7. The summed E-state index contributed by atoms with van der Waals surface area (Å²) in [7, 11) is 0. The minimum Gasteiger partial charge on any atom is -0.322 e. The van der Waals surface area contributed by atoms with Crippen molar-refractivity contribution in [3.8, 4) is 0 Å². The van der Waals surface area contributed by atoms with Crippen molar-refractivity contribution in [2.75, 3.05) is 5.32 Å². The van der Waals surface area contributed by atoms with E-state index >= 15 is 0 Å². The van der Waals surface area contributed by atoms with E-state index in [9.17, 15) is 14.4 Å². The van der Waals surface area contributed by atoms with Crippen molar-refractivity contribution in [1.82, 2.24) is 10.6 Å². The van der Waals surface area contributed by atoms with E-state index in [0.717, 1.165) is 0 Å². The lowest BCUT2D eigenvalue weighted by atomic mass is 10.1. The molecule has 0 bridgehead atoms. The zero-order valence-corrected chi connectivity index (χ0v) is 12.6. The fraction of sp³-hybridized carbons (Fsp3) is 0.0625. The zero-order chi connectivity index (χ0) is 16.4. The Morgan fingerprint density at radius 2 is 1.74 bits per heavy atom. The highest BCUT2D eigenvalue weighted by Crippen LogP contribution is 2.21. The molecule has 0 spiro atoms. The molecule has 1 aliphatic rings. The summed E-state index contributed by atoms with van der Waals surface area (Å²) in [6, 6.07) is 12.2. The predicted octanol–water partition coefficient (Wildman–Crippen LogP) is 2.47. The minimum atomic E-state index is -0.712. The first-order valence-corrected chi connectivity index (χ1v) is 7.19. The number of rotatable bonds is 3. The van der Waals surface area contributed by atoms with E-state index in [1.54, 1.807) is 48.5 Å². The Bertz CT molecular complexity index is 789. The van der Waals surface area contributed by atoms with E-state index in [1.807, 2.05) is 0 Å². The second-order valence-electron chi connectivity index (χ2n) is 4.95. The second kappa shape index (κ2) is 6.10. The molecular weight excluding hydrogens is 318 g/mol. The van der Waals surface area contributed by atoms with Crippen LogP contribution in [0.4, 0.5) is 10.5 Å². The molecule has 0 aromatic heterocycles. The van der Waals surface area contributed by atoms with E-state index in [2.05, 4.69) is 16.0 Å². The Labute approximate surface area is 136 Å². The van der Waals surface area contributed by atoms with Gasteiger partial charge in [0.1, 0.15) is 6.04 Å². The maximum atomic E-state index is 12.2. The third kappa shape index (κ3) is 3.17. The van der Waals surface area contributed by atoms with Gasteiger partial charge in [-0.25, -0.2) is 4.79 Å². The number of halogens is 1. The fourth-order valence-electron chi connectivity index (χ4n) is 2.25. The molecule has 3 N–H and O–H groups in total. The van der Waals surface area contributed by atoms with Crippen molar-refractivity contribution in [3.05, 3.63) is 64.7 Å². The van der Waals surface area contributed by atoms with Gasteiger partial charge in [-0.05, 0) is 29.8 Å². The van der Waals surface area contributed by atoms with Crippen LogP contribution in [-0.4, -0.2) is 17.8 Å². The minimum absolute atomic E-state index is 0.324. The number of hydrogen-bond acceptors (Lipinski definition) is 3. The number of hydrogen-bond donors (Lipinski definition) is 3. The second-order valence-corrected chi connectivity index (χ2v) is 5.36. The number of benzene rings is 2. The fourth-order valence-corrected chi connectivity index (χ4v) is 2.48. The summed E-state index contributed by atoms with van der Waals surface area (Å²) in [4.78, 5) is 34.9. The summed E-state index contributed by atoms with van der Waals surface area (Å²) in [6.07, 6.45) is 0. The Hall–Kier alpha value is -2.86. The SMILES string of the molecule is O=C1NC(=O)C(c2ccc(NC(=O)c3ccccc3Cl)cc2)N1. The van der Waals surface area contributed by atoms with Crippen molar-refractivity contribution in [3.63, 3.8) is 0 Å². The number of amides is 4. The smallest absolute Gasteiger partial charge is 0.322 e. The van der Waals surface area contributed by atoms with Crippen LogP contribution in [-0.2, 0) is 4.79 Å². The number of nitrogens with one attached hydrogen (secondary N) is 3. The van der Waals surface area contributed by atoms with Crippen LogP contribution in [0.25, 0.3) is 0 Å². The number of carbonyl (C=O) groups is 3. The molecule has 0 aliphatic carbocycles. The van der Waals surface area contributed by atoms with Crippen molar-refractivity contribution in [1.29, 1.82) is 0 Å². The molecule has 1 atom stereocenters. The molecule has 0 radical (unpaired) electrons. The number of carbonyl (C=O) groups excluding carboxylic acids is 3. The van der Waals surface area contributed by atoms with Gasteiger partial charge in [0.25, 0.3) is 11.8 Å². The van der Waals surface area contributed by atoms with Crippen LogP contribution in [0.15, 0.2) is 48.5 Å². The number of urea groups is 1. The summed E-state index contributed by atoms with van der Waals surface area (Å²) in [6.45, 7) is 0. The van der Waals surface area contributed by atoms with Gasteiger partial charge in [0, 0.05) is 5.69 Å². The van der Waals surface area contributed by atoms with Crippen molar-refractivity contribution >= 4 is 35.1 Å². The van der Waals surface area contributed by atoms with Gasteiger partial charge in [-0.15, -0.1) is 0 Å². The monoisotopic (exact) mass is 329 g/mol. The molecule has 4 amide bonds. The molecule has 2 aromatic carbocycles. The van der Waals surface area contributed by atoms with Gasteiger partial charge in [0.15, 0.2) is 0 Å². The molecule has 2 aromatic rings. The lowest BCUT2D eigenvalue weighted by Gasteiger charge is -2.10. The highest BCUT2D eigenvalue weighted by Gasteiger charge is 2.30. The molecule has 1 heterocycles. The Kier molecular flexibility index (Phi) is 3.99. The first kappa shape index (κ1) is 15.1. The van der Waals surface area contributed by atoms with Crippen LogP contribution < -0.4 is 16.0 Å². The van der Waals surface area contributed by atoms with E-state index in [4.69, 9.17) is 11.6 Å². The van der Waals surface area contributed by atoms with Gasteiger partial charge in [0.2, 0.25) is 0 Å². The van der Waals surface area contributed by atoms with E-state index in [1.165, 1.54) is 0 Å². The van der Waals surface area contributed by atoms with Gasteiger partial charge in [-0.1, -0.05) is 35.9 Å². The van der Waals surface area contributed by atoms with Gasteiger partial charge >= 0.3 is 6.03 Å². The molecule has 1 fully saturated rings. The zero-order valence-electron chi connectivity index (χ0n) is 11.8. The third-order valence-corrected chi connectivity index (χ3v) is 3.72. The molecule has 7 heteroatoms. The molecule has 3 rings (SSSR count). The van der Waals surface area contributed by atoms with Gasteiger partial charge in [-0.2, -0.15) is 0 Å². The summed E-state index contributed by atoms with van der Waals surface area (Å²) in [5.74, 6) is -0.724. The highest BCUT2D eigenvalue weighted by molar-refractivity contribution is 6.34. The molecule has 116 valence electrons. The van der Waals surface area contributed by atoms with Gasteiger partial charge in [0.05, 0.1) is 10.6 Å². The maximum absolute atomic E-state index is 12.2. The molecule has 1 saturated heterocycles. The Balaban J connectivity index is 1.73. The lowest BCUT2D eigenvalue weighted by molar-refractivity contribution is -0.120. The first-order valence-electron chi connectivity index (χ1n) is 6.82. The average Bonchev–Trinajstić information content (AvgIpc) is 2.87. The third-order valence-electron chi connectivity index (χ3n) is 3.39. The Morgan fingerprint density at radius 1 is 1.04 bits per heavy atom. The summed E-state index contributed by atoms with van der Waals surface area (Å²) in [5, 5.41) is 7.77. The summed E-state index contributed by atoms with van der Waals surface area (Å²) >= 11 is 5.98. The summed E-state index contributed by atoms with van der Waals surface area (Å²) < 4.78 is 0. The first-order chi connectivity index (χ1) is 11.0. The standard InChI is InChI=1S/C16H12ClN3O3/c17-12-4-2-1-3-11(12)14(21)18-10-7-5-9(6-8-10)13-15(22)20-16(23)19-13/h1-8,13H,(H,18,21)(H2,19,20,22,23). The topological polar surface area (TPSA) is 87.3 Å². The van der Waals surface area contributed by atoms with Crippen LogP contribution in [0.1, 0.15) is 22.0 Å². The van der Waals surface area contributed by atoms with Crippen molar-refractivity contribution in [2.45, 2.75) is 6.04 Å². The van der Waals surface area contributed by atoms with Gasteiger partial charge in [-0.3, -0.25) is 14.9 Å². The van der Waals surface area contributed by atoms with E-state index in [0.29, 0.717) is 21.8 Å². The molecule has 6 nitrogen and oxygen atoms in total. The predicted molar refractivity (Wildman–Crippen MR) is 85.3 cm³/mol. The van der Waals surface area contributed by atoms with E-state index in [-0.39, 0.29) is 5.91 Å². The van der Waals surface area contributed by atoms with Crippen LogP contribution in [0.3, 0.4) is 0 Å². The Morgan fingerprint density at radius 3 is 2.35 bits per heavy atom. The maximum Gasteiger partial charge on any atom is 0.322 e. The van der Waals surface area contributed by atoms with Crippen LogP contribution in [0.2, 0.25) is 5.02 Å². The average molecular weight is 330 g/mol. The van der Waals surface area contributed by atoms with Crippen LogP contribution in [0, 0.1) is 0 Å². The van der Waals surface area contributed by atoms with Crippen molar-refractivity contribution in [2.24, 2.45) is 0 Å². The quantitative estimate of drug-likeness (QED) is 0.756. The molecule has 23 heavy (non-hydrogen) atoms. The number of anilines is 1. The molecule has 1 aliphatic heterocycles. The molecule has 0 saturated carbocycles. The van der Waals surface area contributed by atoms with Crippen LogP contribution >= 0.6 is 11.6 Å². The lowest BCUT2D eigenvalue weighted by Crippen LogP contribution is -2.22. The highest BCUT2D eigenvalue weighted by atomic mass is 35.5. The van der Waals surface area contributed by atoms with Crippen LogP contribution in [0.5, 0.6) is 0 Å².